The lowest BCUT2D eigenvalue weighted by molar-refractivity contribution is 0.769. The van der Waals surface area contributed by atoms with E-state index < -0.39 is 0 Å². The average molecular weight is 321 g/mol. The lowest BCUT2D eigenvalue weighted by Crippen LogP contribution is -2.09. The zero-order valence-electron chi connectivity index (χ0n) is 11.1. The number of hydrogen-bond donors (Lipinski definition) is 1. The van der Waals surface area contributed by atoms with Crippen LogP contribution in [0, 0.1) is 0 Å². The van der Waals surface area contributed by atoms with E-state index in [2.05, 4.69) is 50.0 Å². The molecule has 0 aliphatic carbocycles. The number of aromatic nitrogens is 3. The van der Waals surface area contributed by atoms with Crippen molar-refractivity contribution >= 4 is 21.7 Å². The Morgan fingerprint density at radius 1 is 1.26 bits per heavy atom. The van der Waals surface area contributed by atoms with Crippen molar-refractivity contribution in [2.75, 3.05) is 11.9 Å². The zero-order chi connectivity index (χ0) is 13.7. The first-order chi connectivity index (χ1) is 9.15. The van der Waals surface area contributed by atoms with Crippen molar-refractivity contribution in [1.29, 1.82) is 0 Å². The Hall–Kier alpha value is -1.49. The van der Waals surface area contributed by atoms with Crippen molar-refractivity contribution < 1.29 is 0 Å². The SMILES string of the molecule is CC(C)c1nc(Br)cc(NCCc2ccccn2)n1. The van der Waals surface area contributed by atoms with E-state index in [1.165, 1.54) is 0 Å². The van der Waals surface area contributed by atoms with Gasteiger partial charge in [-0.15, -0.1) is 0 Å². The predicted octanol–water partition coefficient (Wildman–Crippen LogP) is 3.41. The number of halogens is 1. The second-order valence-electron chi connectivity index (χ2n) is 4.59. The molecule has 2 heterocycles. The molecule has 1 N–H and O–H groups in total. The molecular weight excluding hydrogens is 304 g/mol. The van der Waals surface area contributed by atoms with Crippen LogP contribution in [0.1, 0.15) is 31.3 Å². The molecule has 2 aromatic rings. The summed E-state index contributed by atoms with van der Waals surface area (Å²) < 4.78 is 0.812. The molecule has 0 unspecified atom stereocenters. The van der Waals surface area contributed by atoms with Gasteiger partial charge in [-0.25, -0.2) is 9.97 Å². The van der Waals surface area contributed by atoms with Gasteiger partial charge in [0.2, 0.25) is 0 Å². The third-order valence-corrected chi connectivity index (χ3v) is 3.05. The van der Waals surface area contributed by atoms with Crippen molar-refractivity contribution in [3.05, 3.63) is 46.6 Å². The summed E-state index contributed by atoms with van der Waals surface area (Å²) in [6.45, 7) is 4.97. The minimum absolute atomic E-state index is 0.314. The highest BCUT2D eigenvalue weighted by Gasteiger charge is 2.06. The van der Waals surface area contributed by atoms with Gasteiger partial charge in [-0.05, 0) is 28.1 Å². The van der Waals surface area contributed by atoms with Crippen LogP contribution in [0.4, 0.5) is 5.82 Å². The highest BCUT2D eigenvalue weighted by atomic mass is 79.9. The summed E-state index contributed by atoms with van der Waals surface area (Å²) in [5, 5.41) is 3.31. The second kappa shape index (κ2) is 6.61. The van der Waals surface area contributed by atoms with Crippen molar-refractivity contribution in [2.24, 2.45) is 0 Å². The molecule has 2 rings (SSSR count). The second-order valence-corrected chi connectivity index (χ2v) is 5.40. The maximum atomic E-state index is 4.49. The Kier molecular flexibility index (Phi) is 4.85. The topological polar surface area (TPSA) is 50.7 Å². The molecule has 0 bridgehead atoms. The molecule has 0 radical (unpaired) electrons. The normalized spacial score (nSPS) is 10.7. The van der Waals surface area contributed by atoms with Crippen LogP contribution in [0.3, 0.4) is 0 Å². The Labute approximate surface area is 121 Å². The van der Waals surface area contributed by atoms with Gasteiger partial charge in [-0.1, -0.05) is 19.9 Å². The van der Waals surface area contributed by atoms with Gasteiger partial charge in [-0.2, -0.15) is 0 Å². The maximum absolute atomic E-state index is 4.49. The van der Waals surface area contributed by atoms with Gasteiger partial charge in [-0.3, -0.25) is 4.98 Å². The largest absolute Gasteiger partial charge is 0.370 e. The van der Waals surface area contributed by atoms with Crippen LogP contribution in [0.15, 0.2) is 35.1 Å². The van der Waals surface area contributed by atoms with E-state index >= 15 is 0 Å². The van der Waals surface area contributed by atoms with Gasteiger partial charge in [0, 0.05) is 36.8 Å². The smallest absolute Gasteiger partial charge is 0.134 e. The zero-order valence-corrected chi connectivity index (χ0v) is 12.7. The molecule has 5 heteroatoms. The van der Waals surface area contributed by atoms with Crippen molar-refractivity contribution in [3.8, 4) is 0 Å². The summed E-state index contributed by atoms with van der Waals surface area (Å²) in [6.07, 6.45) is 2.69. The molecule has 0 spiro atoms. The number of pyridine rings is 1. The number of hydrogen-bond acceptors (Lipinski definition) is 4. The number of nitrogens with one attached hydrogen (secondary N) is 1. The highest BCUT2D eigenvalue weighted by molar-refractivity contribution is 9.10. The van der Waals surface area contributed by atoms with E-state index in [9.17, 15) is 0 Å². The van der Waals surface area contributed by atoms with Gasteiger partial charge in [0.15, 0.2) is 0 Å². The molecular formula is C14H17BrN4. The molecule has 0 saturated heterocycles. The van der Waals surface area contributed by atoms with Crippen LogP contribution in [0.25, 0.3) is 0 Å². The first-order valence-corrected chi connectivity index (χ1v) is 7.12. The highest BCUT2D eigenvalue weighted by Crippen LogP contribution is 2.17. The van der Waals surface area contributed by atoms with Crippen LogP contribution in [-0.2, 0) is 6.42 Å². The molecule has 2 aromatic heterocycles. The lowest BCUT2D eigenvalue weighted by Gasteiger charge is -2.09. The van der Waals surface area contributed by atoms with Crippen molar-refractivity contribution in [1.82, 2.24) is 15.0 Å². The molecule has 0 fully saturated rings. The fraction of sp³-hybridized carbons (Fsp3) is 0.357. The summed E-state index contributed by atoms with van der Waals surface area (Å²) >= 11 is 3.41. The fourth-order valence-electron chi connectivity index (χ4n) is 1.65. The van der Waals surface area contributed by atoms with Crippen LogP contribution in [0.2, 0.25) is 0 Å². The summed E-state index contributed by atoms with van der Waals surface area (Å²) in [6, 6.07) is 7.84. The minimum Gasteiger partial charge on any atom is -0.370 e. The monoisotopic (exact) mass is 320 g/mol. The Morgan fingerprint density at radius 2 is 2.11 bits per heavy atom. The van der Waals surface area contributed by atoms with Crippen molar-refractivity contribution in [2.45, 2.75) is 26.2 Å². The number of nitrogens with zero attached hydrogens (tertiary/aromatic N) is 3. The average Bonchev–Trinajstić information content (AvgIpc) is 2.39. The van der Waals surface area contributed by atoms with Gasteiger partial charge >= 0.3 is 0 Å². The van der Waals surface area contributed by atoms with E-state index in [4.69, 9.17) is 0 Å². The fourth-order valence-corrected chi connectivity index (χ4v) is 2.05. The molecule has 4 nitrogen and oxygen atoms in total. The van der Waals surface area contributed by atoms with Gasteiger partial charge < -0.3 is 5.32 Å². The molecule has 19 heavy (non-hydrogen) atoms. The summed E-state index contributed by atoms with van der Waals surface area (Å²) in [5.74, 6) is 2.00. The Bertz CT molecular complexity index is 528. The van der Waals surface area contributed by atoms with Crippen LogP contribution in [-0.4, -0.2) is 21.5 Å². The van der Waals surface area contributed by atoms with Gasteiger partial charge in [0.1, 0.15) is 16.2 Å². The molecule has 0 saturated carbocycles. The van der Waals surface area contributed by atoms with E-state index in [-0.39, 0.29) is 0 Å². The number of rotatable bonds is 5. The lowest BCUT2D eigenvalue weighted by atomic mass is 10.2. The number of anilines is 1. The molecule has 100 valence electrons. The van der Waals surface area contributed by atoms with E-state index in [1.54, 1.807) is 0 Å². The van der Waals surface area contributed by atoms with Crippen LogP contribution >= 0.6 is 15.9 Å². The summed E-state index contributed by atoms with van der Waals surface area (Å²) in [7, 11) is 0. The van der Waals surface area contributed by atoms with Gasteiger partial charge in [0.05, 0.1) is 0 Å². The first-order valence-electron chi connectivity index (χ1n) is 6.33. The third-order valence-electron chi connectivity index (χ3n) is 2.64. The Balaban J connectivity index is 1.96. The molecule has 0 aliphatic rings. The van der Waals surface area contributed by atoms with Gasteiger partial charge in [0.25, 0.3) is 0 Å². The van der Waals surface area contributed by atoms with E-state index in [0.29, 0.717) is 5.92 Å². The van der Waals surface area contributed by atoms with E-state index in [0.717, 1.165) is 34.9 Å². The third kappa shape index (κ3) is 4.28. The molecule has 0 aliphatic heterocycles. The summed E-state index contributed by atoms with van der Waals surface area (Å²) in [5.41, 5.74) is 1.08. The van der Waals surface area contributed by atoms with Crippen LogP contribution < -0.4 is 5.32 Å². The molecule has 0 amide bonds. The van der Waals surface area contributed by atoms with Crippen molar-refractivity contribution in [3.63, 3.8) is 0 Å². The quantitative estimate of drug-likeness (QED) is 0.858. The van der Waals surface area contributed by atoms with E-state index in [1.807, 2.05) is 30.5 Å². The minimum atomic E-state index is 0.314. The maximum Gasteiger partial charge on any atom is 0.134 e. The molecule has 0 aromatic carbocycles. The summed E-state index contributed by atoms with van der Waals surface area (Å²) in [4.78, 5) is 13.1. The van der Waals surface area contributed by atoms with Crippen LogP contribution in [0.5, 0.6) is 0 Å². The molecule has 0 atom stereocenters. The first kappa shape index (κ1) is 13.9. The standard InChI is InChI=1S/C14H17BrN4/c1-10(2)14-18-12(15)9-13(19-14)17-8-6-11-5-3-4-7-16-11/h3-5,7,9-10H,6,8H2,1-2H3,(H,17,18,19). The predicted molar refractivity (Wildman–Crippen MR) is 80.3 cm³/mol. The Morgan fingerprint density at radius 3 is 2.79 bits per heavy atom.